The number of urea groups is 1. The molecule has 20 heavy (non-hydrogen) atoms. The molecule has 0 aliphatic heterocycles. The van der Waals surface area contributed by atoms with Crippen molar-refractivity contribution >= 4 is 6.03 Å². The Bertz CT molecular complexity index is 449. The summed E-state index contributed by atoms with van der Waals surface area (Å²) in [6.07, 6.45) is 0.515. The van der Waals surface area contributed by atoms with E-state index in [4.69, 9.17) is 5.11 Å². The van der Waals surface area contributed by atoms with Crippen molar-refractivity contribution in [3.63, 3.8) is 0 Å². The van der Waals surface area contributed by atoms with Gasteiger partial charge in [-0.15, -0.1) is 0 Å². The number of carbonyl (C=O) groups is 1. The first-order chi connectivity index (χ1) is 9.35. The molecular formula is C15H23FN2O2. The van der Waals surface area contributed by atoms with Gasteiger partial charge in [0.15, 0.2) is 0 Å². The summed E-state index contributed by atoms with van der Waals surface area (Å²) in [5, 5.41) is 14.3. The van der Waals surface area contributed by atoms with Crippen molar-refractivity contribution in [2.75, 3.05) is 13.2 Å². The van der Waals surface area contributed by atoms with E-state index in [1.54, 1.807) is 6.07 Å². The Kier molecular flexibility index (Phi) is 5.95. The van der Waals surface area contributed by atoms with E-state index >= 15 is 0 Å². The molecule has 1 rings (SSSR count). The largest absolute Gasteiger partial charge is 0.396 e. The number of hydrogen-bond acceptors (Lipinski definition) is 2. The highest BCUT2D eigenvalue weighted by Crippen LogP contribution is 2.22. The summed E-state index contributed by atoms with van der Waals surface area (Å²) in [5.41, 5.74) is 0.473. The van der Waals surface area contributed by atoms with Crippen LogP contribution in [0, 0.1) is 5.82 Å². The number of amides is 2. The first-order valence-corrected chi connectivity index (χ1v) is 6.76. The molecule has 0 aliphatic carbocycles. The van der Waals surface area contributed by atoms with E-state index in [1.807, 2.05) is 26.8 Å². The molecule has 112 valence electrons. The molecule has 0 heterocycles. The van der Waals surface area contributed by atoms with Crippen molar-refractivity contribution in [1.29, 1.82) is 0 Å². The van der Waals surface area contributed by atoms with Crippen LogP contribution in [-0.4, -0.2) is 30.3 Å². The fourth-order valence-corrected chi connectivity index (χ4v) is 1.85. The van der Waals surface area contributed by atoms with Crippen LogP contribution in [-0.2, 0) is 5.41 Å². The van der Waals surface area contributed by atoms with Crippen LogP contribution in [0.4, 0.5) is 9.18 Å². The summed E-state index contributed by atoms with van der Waals surface area (Å²) in [7, 11) is 0. The molecule has 0 spiro atoms. The van der Waals surface area contributed by atoms with Gasteiger partial charge in [-0.1, -0.05) is 26.0 Å². The molecule has 0 saturated heterocycles. The minimum Gasteiger partial charge on any atom is -0.396 e. The van der Waals surface area contributed by atoms with Crippen molar-refractivity contribution in [2.24, 2.45) is 0 Å². The number of benzene rings is 1. The second-order valence-corrected chi connectivity index (χ2v) is 5.63. The van der Waals surface area contributed by atoms with Gasteiger partial charge in [0.05, 0.1) is 0 Å². The zero-order valence-electron chi connectivity index (χ0n) is 12.2. The Hall–Kier alpha value is -1.62. The van der Waals surface area contributed by atoms with Gasteiger partial charge in [0.1, 0.15) is 5.82 Å². The second kappa shape index (κ2) is 7.24. The number of carbonyl (C=O) groups excluding carboxylic acids is 1. The summed E-state index contributed by atoms with van der Waals surface area (Å²) in [6.45, 7) is 6.15. The fourth-order valence-electron chi connectivity index (χ4n) is 1.85. The molecule has 2 amide bonds. The number of hydrogen-bond donors (Lipinski definition) is 3. The maximum Gasteiger partial charge on any atom is 0.315 e. The lowest BCUT2D eigenvalue weighted by Crippen LogP contribution is -2.45. The molecule has 0 unspecified atom stereocenters. The highest BCUT2D eigenvalue weighted by molar-refractivity contribution is 5.74. The van der Waals surface area contributed by atoms with E-state index in [1.165, 1.54) is 12.1 Å². The van der Waals surface area contributed by atoms with Gasteiger partial charge in [-0.05, 0) is 31.0 Å². The summed E-state index contributed by atoms with van der Waals surface area (Å²) >= 11 is 0. The fraction of sp³-hybridized carbons (Fsp3) is 0.533. The van der Waals surface area contributed by atoms with Crippen molar-refractivity contribution in [1.82, 2.24) is 10.6 Å². The van der Waals surface area contributed by atoms with Gasteiger partial charge >= 0.3 is 6.03 Å². The lowest BCUT2D eigenvalue weighted by molar-refractivity contribution is 0.229. The molecule has 1 aromatic rings. The lowest BCUT2D eigenvalue weighted by atomic mass is 9.84. The van der Waals surface area contributed by atoms with Crippen molar-refractivity contribution in [3.05, 3.63) is 35.6 Å². The van der Waals surface area contributed by atoms with Crippen LogP contribution in [0.1, 0.15) is 32.8 Å². The van der Waals surface area contributed by atoms with E-state index in [0.29, 0.717) is 13.0 Å². The van der Waals surface area contributed by atoms with E-state index in [0.717, 1.165) is 5.56 Å². The summed E-state index contributed by atoms with van der Waals surface area (Å²) in [6, 6.07) is 6.02. The third kappa shape index (κ3) is 5.17. The molecule has 5 heteroatoms. The van der Waals surface area contributed by atoms with E-state index in [2.05, 4.69) is 10.6 Å². The Morgan fingerprint density at radius 1 is 1.45 bits per heavy atom. The molecule has 3 N–H and O–H groups in total. The quantitative estimate of drug-likeness (QED) is 0.749. The Morgan fingerprint density at radius 2 is 2.15 bits per heavy atom. The standard InChI is InChI=1S/C15H23FN2O2/c1-11(7-8-19)18-14(20)17-10-15(2,3)12-5-4-6-13(16)9-12/h4-6,9,11,19H,7-8,10H2,1-3H3,(H2,17,18,20)/t11-/m1/s1. The van der Waals surface area contributed by atoms with Crippen LogP contribution < -0.4 is 10.6 Å². The Balaban J connectivity index is 2.53. The third-order valence-corrected chi connectivity index (χ3v) is 3.24. The molecule has 0 fully saturated rings. The number of rotatable bonds is 6. The smallest absolute Gasteiger partial charge is 0.315 e. The third-order valence-electron chi connectivity index (χ3n) is 3.24. The number of aliphatic hydroxyl groups is 1. The molecule has 4 nitrogen and oxygen atoms in total. The number of halogens is 1. The van der Waals surface area contributed by atoms with Crippen LogP contribution in [0.15, 0.2) is 24.3 Å². The van der Waals surface area contributed by atoms with Crippen LogP contribution in [0.25, 0.3) is 0 Å². The van der Waals surface area contributed by atoms with E-state index in [9.17, 15) is 9.18 Å². The minimum absolute atomic E-state index is 0.0379. The summed E-state index contributed by atoms with van der Waals surface area (Å²) in [5.74, 6) is -0.281. The first kappa shape index (κ1) is 16.4. The van der Waals surface area contributed by atoms with Crippen LogP contribution in [0.2, 0.25) is 0 Å². The first-order valence-electron chi connectivity index (χ1n) is 6.76. The second-order valence-electron chi connectivity index (χ2n) is 5.63. The topological polar surface area (TPSA) is 61.4 Å². The zero-order valence-corrected chi connectivity index (χ0v) is 12.2. The predicted octanol–water partition coefficient (Wildman–Crippen LogP) is 2.17. The highest BCUT2D eigenvalue weighted by atomic mass is 19.1. The van der Waals surface area contributed by atoms with Crippen LogP contribution >= 0.6 is 0 Å². The molecule has 0 saturated carbocycles. The van der Waals surface area contributed by atoms with Gasteiger partial charge in [0, 0.05) is 24.6 Å². The maximum absolute atomic E-state index is 13.2. The average molecular weight is 282 g/mol. The summed E-state index contributed by atoms with van der Waals surface area (Å²) < 4.78 is 13.2. The zero-order chi connectivity index (χ0) is 15.2. The van der Waals surface area contributed by atoms with Gasteiger partial charge in [-0.3, -0.25) is 0 Å². The van der Waals surface area contributed by atoms with Crippen molar-refractivity contribution < 1.29 is 14.3 Å². The van der Waals surface area contributed by atoms with Gasteiger partial charge in [-0.2, -0.15) is 0 Å². The van der Waals surface area contributed by atoms with Gasteiger partial charge in [0.2, 0.25) is 0 Å². The maximum atomic E-state index is 13.2. The molecule has 0 radical (unpaired) electrons. The van der Waals surface area contributed by atoms with Crippen LogP contribution in [0.3, 0.4) is 0 Å². The summed E-state index contributed by atoms with van der Waals surface area (Å²) in [4.78, 5) is 11.7. The average Bonchev–Trinajstić information content (AvgIpc) is 2.37. The normalized spacial score (nSPS) is 12.8. The molecule has 1 atom stereocenters. The van der Waals surface area contributed by atoms with Crippen LogP contribution in [0.5, 0.6) is 0 Å². The Labute approximate surface area is 119 Å². The van der Waals surface area contributed by atoms with Gasteiger partial charge in [0.25, 0.3) is 0 Å². The number of nitrogens with one attached hydrogen (secondary N) is 2. The Morgan fingerprint density at radius 3 is 2.75 bits per heavy atom. The molecule has 0 aromatic heterocycles. The lowest BCUT2D eigenvalue weighted by Gasteiger charge is -2.26. The molecular weight excluding hydrogens is 259 g/mol. The van der Waals surface area contributed by atoms with Gasteiger partial charge in [-0.25, -0.2) is 9.18 Å². The number of aliphatic hydroxyl groups excluding tert-OH is 1. The van der Waals surface area contributed by atoms with E-state index < -0.39 is 0 Å². The minimum atomic E-state index is -0.361. The molecule has 0 aliphatic rings. The van der Waals surface area contributed by atoms with Gasteiger partial charge < -0.3 is 15.7 Å². The molecule has 1 aromatic carbocycles. The SMILES string of the molecule is C[C@H](CCO)NC(=O)NCC(C)(C)c1cccc(F)c1. The van der Waals surface area contributed by atoms with Crippen molar-refractivity contribution in [3.8, 4) is 0 Å². The van der Waals surface area contributed by atoms with E-state index in [-0.39, 0.29) is 29.9 Å². The monoisotopic (exact) mass is 282 g/mol. The molecule has 0 bridgehead atoms. The van der Waals surface area contributed by atoms with Crippen molar-refractivity contribution in [2.45, 2.75) is 38.6 Å². The highest BCUT2D eigenvalue weighted by Gasteiger charge is 2.22. The predicted molar refractivity (Wildman–Crippen MR) is 77.1 cm³/mol.